The van der Waals surface area contributed by atoms with Gasteiger partial charge in [0.1, 0.15) is 4.90 Å². The molecule has 0 spiro atoms. The van der Waals surface area contributed by atoms with E-state index in [0.717, 1.165) is 19.3 Å². The van der Waals surface area contributed by atoms with Gasteiger partial charge in [-0.05, 0) is 31.1 Å². The second-order valence-electron chi connectivity index (χ2n) is 5.83. The van der Waals surface area contributed by atoms with Crippen molar-refractivity contribution in [1.82, 2.24) is 9.78 Å². The average Bonchev–Trinajstić information content (AvgIpc) is 3.02. The number of carbonyl (C=O) groups excluding carboxylic acids is 1. The van der Waals surface area contributed by atoms with E-state index in [2.05, 4.69) is 10.4 Å². The van der Waals surface area contributed by atoms with Crippen LogP contribution in [0.3, 0.4) is 0 Å². The summed E-state index contributed by atoms with van der Waals surface area (Å²) in [6.07, 6.45) is 5.61. The van der Waals surface area contributed by atoms with E-state index >= 15 is 0 Å². The van der Waals surface area contributed by atoms with E-state index in [9.17, 15) is 13.2 Å². The summed E-state index contributed by atoms with van der Waals surface area (Å²) in [5.41, 5.74) is 0. The van der Waals surface area contributed by atoms with Gasteiger partial charge in [-0.1, -0.05) is 6.42 Å². The van der Waals surface area contributed by atoms with Crippen molar-refractivity contribution in [2.24, 2.45) is 29.9 Å². The number of hydrogen-bond donors (Lipinski definition) is 2. The summed E-state index contributed by atoms with van der Waals surface area (Å²) < 4.78 is 24.3. The van der Waals surface area contributed by atoms with Gasteiger partial charge in [-0.2, -0.15) is 5.10 Å². The largest absolute Gasteiger partial charge is 0.308 e. The predicted molar refractivity (Wildman–Crippen MR) is 72.1 cm³/mol. The molecule has 8 heteroatoms. The fourth-order valence-corrected chi connectivity index (χ4v) is 4.20. The molecule has 20 heavy (non-hydrogen) atoms. The molecule has 2 fully saturated rings. The first-order valence-corrected chi connectivity index (χ1v) is 8.26. The molecule has 0 saturated heterocycles. The van der Waals surface area contributed by atoms with Crippen LogP contribution in [0, 0.1) is 17.8 Å². The first-order valence-electron chi connectivity index (χ1n) is 6.72. The van der Waals surface area contributed by atoms with Crippen LogP contribution < -0.4 is 10.5 Å². The topological polar surface area (TPSA) is 107 Å². The Labute approximate surface area is 117 Å². The van der Waals surface area contributed by atoms with Crippen molar-refractivity contribution in [1.29, 1.82) is 0 Å². The minimum atomic E-state index is -3.89. The Morgan fingerprint density at radius 3 is 2.75 bits per heavy atom. The molecule has 2 aliphatic rings. The lowest BCUT2D eigenvalue weighted by Crippen LogP contribution is -2.28. The molecular formula is C12H18N4O3S. The first-order chi connectivity index (χ1) is 9.34. The summed E-state index contributed by atoms with van der Waals surface area (Å²) in [5.74, 6) is 0.950. The lowest BCUT2D eigenvalue weighted by atomic mass is 9.88. The Kier molecular flexibility index (Phi) is 3.09. The number of amides is 1. The quantitative estimate of drug-likeness (QED) is 0.844. The SMILES string of the molecule is Cn1cc(S(N)(=O)=O)c(NC(=O)C2CC3CCC2C3)n1. The van der Waals surface area contributed by atoms with Crippen LogP contribution in [-0.4, -0.2) is 24.1 Å². The molecule has 110 valence electrons. The molecule has 1 aromatic rings. The number of sulfonamides is 1. The van der Waals surface area contributed by atoms with Crippen molar-refractivity contribution in [3.05, 3.63) is 6.20 Å². The molecule has 7 nitrogen and oxygen atoms in total. The molecule has 1 amide bonds. The molecule has 2 bridgehead atoms. The highest BCUT2D eigenvalue weighted by molar-refractivity contribution is 7.89. The Morgan fingerprint density at radius 1 is 1.45 bits per heavy atom. The van der Waals surface area contributed by atoms with Crippen LogP contribution in [0.2, 0.25) is 0 Å². The normalized spacial score (nSPS) is 28.8. The van der Waals surface area contributed by atoms with Gasteiger partial charge >= 0.3 is 0 Å². The zero-order chi connectivity index (χ0) is 14.5. The third-order valence-electron chi connectivity index (χ3n) is 4.42. The van der Waals surface area contributed by atoms with E-state index in [0.29, 0.717) is 11.8 Å². The molecule has 0 aromatic carbocycles. The summed E-state index contributed by atoms with van der Waals surface area (Å²) in [6.45, 7) is 0. The molecule has 2 saturated carbocycles. The number of nitrogens with zero attached hydrogens (tertiary/aromatic N) is 2. The van der Waals surface area contributed by atoms with Crippen molar-refractivity contribution >= 4 is 21.7 Å². The zero-order valence-corrected chi connectivity index (χ0v) is 12.1. The van der Waals surface area contributed by atoms with Gasteiger partial charge in [-0.25, -0.2) is 13.6 Å². The smallest absolute Gasteiger partial charge is 0.243 e. The third-order valence-corrected chi connectivity index (χ3v) is 5.33. The number of primary sulfonamides is 1. The molecule has 1 aromatic heterocycles. The zero-order valence-electron chi connectivity index (χ0n) is 11.2. The highest BCUT2D eigenvalue weighted by Crippen LogP contribution is 2.48. The average molecular weight is 298 g/mol. The van der Waals surface area contributed by atoms with Gasteiger partial charge in [0.25, 0.3) is 0 Å². The summed E-state index contributed by atoms with van der Waals surface area (Å²) in [6, 6.07) is 0. The fourth-order valence-electron chi connectivity index (χ4n) is 3.54. The summed E-state index contributed by atoms with van der Waals surface area (Å²) in [4.78, 5) is 12.2. The van der Waals surface area contributed by atoms with Gasteiger partial charge in [-0.15, -0.1) is 0 Å². The number of hydrogen-bond acceptors (Lipinski definition) is 4. The van der Waals surface area contributed by atoms with Crippen molar-refractivity contribution < 1.29 is 13.2 Å². The second kappa shape index (κ2) is 4.56. The molecule has 3 atom stereocenters. The number of nitrogens with two attached hydrogens (primary N) is 1. The first kappa shape index (κ1) is 13.6. The van der Waals surface area contributed by atoms with Gasteiger partial charge in [0.2, 0.25) is 15.9 Å². The van der Waals surface area contributed by atoms with Crippen LogP contribution in [0.15, 0.2) is 11.1 Å². The fraction of sp³-hybridized carbons (Fsp3) is 0.667. The van der Waals surface area contributed by atoms with E-state index in [4.69, 9.17) is 5.14 Å². The van der Waals surface area contributed by atoms with Gasteiger partial charge in [0.05, 0.1) is 0 Å². The van der Waals surface area contributed by atoms with E-state index in [1.165, 1.54) is 17.3 Å². The molecule has 1 heterocycles. The van der Waals surface area contributed by atoms with E-state index in [-0.39, 0.29) is 22.5 Å². The molecule has 3 N–H and O–H groups in total. The number of nitrogens with one attached hydrogen (secondary N) is 1. The van der Waals surface area contributed by atoms with Gasteiger partial charge in [-0.3, -0.25) is 9.48 Å². The third kappa shape index (κ3) is 2.33. The van der Waals surface area contributed by atoms with E-state index in [1.807, 2.05) is 0 Å². The Balaban J connectivity index is 1.80. The maximum atomic E-state index is 12.3. The monoisotopic (exact) mass is 298 g/mol. The van der Waals surface area contributed by atoms with Crippen molar-refractivity contribution in [3.63, 3.8) is 0 Å². The van der Waals surface area contributed by atoms with Gasteiger partial charge in [0.15, 0.2) is 5.82 Å². The second-order valence-corrected chi connectivity index (χ2v) is 7.36. The van der Waals surface area contributed by atoms with Crippen LogP contribution in [0.1, 0.15) is 25.7 Å². The molecule has 3 rings (SSSR count). The highest BCUT2D eigenvalue weighted by atomic mass is 32.2. The van der Waals surface area contributed by atoms with E-state index < -0.39 is 10.0 Å². The number of fused-ring (bicyclic) bond motifs is 2. The summed E-state index contributed by atoms with van der Waals surface area (Å²) in [5, 5.41) is 11.7. The Hall–Kier alpha value is -1.41. The van der Waals surface area contributed by atoms with Crippen molar-refractivity contribution in [2.45, 2.75) is 30.6 Å². The number of rotatable bonds is 3. The highest BCUT2D eigenvalue weighted by Gasteiger charge is 2.43. The summed E-state index contributed by atoms with van der Waals surface area (Å²) >= 11 is 0. The molecular weight excluding hydrogens is 280 g/mol. The predicted octanol–water partition coefficient (Wildman–Crippen LogP) is 0.442. The lowest BCUT2D eigenvalue weighted by molar-refractivity contribution is -0.121. The molecule has 2 aliphatic carbocycles. The van der Waals surface area contributed by atoms with E-state index in [1.54, 1.807) is 7.05 Å². The molecule has 0 aliphatic heterocycles. The van der Waals surface area contributed by atoms with Crippen molar-refractivity contribution in [2.75, 3.05) is 5.32 Å². The number of carbonyl (C=O) groups is 1. The maximum absolute atomic E-state index is 12.3. The lowest BCUT2D eigenvalue weighted by Gasteiger charge is -2.20. The van der Waals surface area contributed by atoms with Gasteiger partial charge < -0.3 is 5.32 Å². The minimum Gasteiger partial charge on any atom is -0.308 e. The molecule has 0 radical (unpaired) electrons. The molecule has 3 unspecified atom stereocenters. The number of aromatic nitrogens is 2. The summed E-state index contributed by atoms with van der Waals surface area (Å²) in [7, 11) is -2.30. The van der Waals surface area contributed by atoms with Gasteiger partial charge in [0, 0.05) is 19.2 Å². The number of anilines is 1. The minimum absolute atomic E-state index is 0.0240. The Morgan fingerprint density at radius 2 is 2.20 bits per heavy atom. The van der Waals surface area contributed by atoms with Crippen LogP contribution in [0.5, 0.6) is 0 Å². The van der Waals surface area contributed by atoms with Crippen LogP contribution in [0.25, 0.3) is 0 Å². The van der Waals surface area contributed by atoms with Crippen LogP contribution in [0.4, 0.5) is 5.82 Å². The Bertz CT molecular complexity index is 652. The maximum Gasteiger partial charge on any atom is 0.243 e. The number of aryl methyl sites for hydroxylation is 1. The van der Waals surface area contributed by atoms with Crippen LogP contribution in [-0.2, 0) is 21.9 Å². The standard InChI is InChI=1S/C12H18N4O3S/c1-16-6-10(20(13,18)19)11(15-16)14-12(17)9-5-7-2-3-8(9)4-7/h6-9H,2-5H2,1H3,(H2,13,18,19)(H,14,15,17). The van der Waals surface area contributed by atoms with Crippen molar-refractivity contribution in [3.8, 4) is 0 Å². The van der Waals surface area contributed by atoms with Crippen LogP contribution >= 0.6 is 0 Å².